The van der Waals surface area contributed by atoms with E-state index in [-0.39, 0.29) is 0 Å². The van der Waals surface area contributed by atoms with Crippen LogP contribution in [-0.2, 0) is 19.1 Å². The topological polar surface area (TPSA) is 72.8 Å². The summed E-state index contributed by atoms with van der Waals surface area (Å²) in [5, 5.41) is 9.58. The molecule has 0 aromatic carbocycles. The van der Waals surface area contributed by atoms with Crippen molar-refractivity contribution in [2.24, 2.45) is 5.92 Å². The van der Waals surface area contributed by atoms with Crippen molar-refractivity contribution in [2.45, 2.75) is 19.4 Å². The van der Waals surface area contributed by atoms with E-state index in [4.69, 9.17) is 0 Å². The lowest BCUT2D eigenvalue weighted by Gasteiger charge is -2.24. The molecule has 1 N–H and O–H groups in total. The highest BCUT2D eigenvalue weighted by atomic mass is 16.5. The summed E-state index contributed by atoms with van der Waals surface area (Å²) >= 11 is 0. The van der Waals surface area contributed by atoms with Gasteiger partial charge in [-0.25, -0.2) is 4.79 Å². The first kappa shape index (κ1) is 11.9. The van der Waals surface area contributed by atoms with Crippen LogP contribution in [0, 0.1) is 5.92 Å². The molecule has 5 heteroatoms. The van der Waals surface area contributed by atoms with Crippen LogP contribution >= 0.6 is 0 Å². The van der Waals surface area contributed by atoms with Crippen molar-refractivity contribution in [2.75, 3.05) is 14.2 Å². The molecule has 0 aliphatic heterocycles. The van der Waals surface area contributed by atoms with Gasteiger partial charge in [-0.1, -0.05) is 0 Å². The van der Waals surface area contributed by atoms with Gasteiger partial charge in [-0.3, -0.25) is 4.79 Å². The first-order chi connectivity index (χ1) is 5.87. The van der Waals surface area contributed by atoms with Gasteiger partial charge in [-0.05, 0) is 13.8 Å². The summed E-state index contributed by atoms with van der Waals surface area (Å²) in [6.07, 6.45) is 0. The molecule has 0 unspecified atom stereocenters. The summed E-state index contributed by atoms with van der Waals surface area (Å²) in [6.45, 7) is 2.60. The van der Waals surface area contributed by atoms with Crippen LogP contribution in [-0.4, -0.2) is 36.9 Å². The van der Waals surface area contributed by atoms with E-state index in [1.54, 1.807) is 0 Å². The van der Waals surface area contributed by atoms with Gasteiger partial charge >= 0.3 is 11.9 Å². The molecule has 5 nitrogen and oxygen atoms in total. The maximum Gasteiger partial charge on any atom is 0.338 e. The number of hydrogen-bond donors (Lipinski definition) is 1. The fourth-order valence-electron chi connectivity index (χ4n) is 0.790. The van der Waals surface area contributed by atoms with Gasteiger partial charge in [0, 0.05) is 0 Å². The van der Waals surface area contributed by atoms with Crippen molar-refractivity contribution in [1.82, 2.24) is 0 Å². The van der Waals surface area contributed by atoms with E-state index in [1.807, 2.05) is 0 Å². The fourth-order valence-corrected chi connectivity index (χ4v) is 0.790. The Bertz CT molecular complexity index is 209. The normalized spacial score (nSPS) is 17.0. The number of aliphatic hydroxyl groups is 1. The zero-order valence-electron chi connectivity index (χ0n) is 8.16. The minimum atomic E-state index is -1.85. The van der Waals surface area contributed by atoms with Crippen molar-refractivity contribution in [3.63, 3.8) is 0 Å². The van der Waals surface area contributed by atoms with Gasteiger partial charge in [0.2, 0.25) is 0 Å². The van der Waals surface area contributed by atoms with Gasteiger partial charge in [-0.15, -0.1) is 0 Å². The van der Waals surface area contributed by atoms with Crippen LogP contribution in [0.2, 0.25) is 0 Å². The summed E-state index contributed by atoms with van der Waals surface area (Å²) in [5.74, 6) is -2.47. The molecular weight excluding hydrogens is 176 g/mol. The largest absolute Gasteiger partial charge is 0.469 e. The van der Waals surface area contributed by atoms with Gasteiger partial charge in [-0.2, -0.15) is 0 Å². The first-order valence-corrected chi connectivity index (χ1v) is 3.76. The Kier molecular flexibility index (Phi) is 3.87. The standard InChI is InChI=1S/C8H14O5/c1-5(6(9)12-3)8(2,11)7(10)13-4/h5,11H,1-4H3/t5-,8+/m1/s1. The molecule has 0 aliphatic rings. The maximum atomic E-state index is 11.0. The second-order valence-electron chi connectivity index (χ2n) is 2.88. The van der Waals surface area contributed by atoms with E-state index in [0.29, 0.717) is 0 Å². The number of carbonyl (C=O) groups is 2. The smallest absolute Gasteiger partial charge is 0.338 e. The monoisotopic (exact) mass is 190 g/mol. The number of ether oxygens (including phenoxy) is 2. The Hall–Kier alpha value is -1.10. The second-order valence-corrected chi connectivity index (χ2v) is 2.88. The molecule has 0 fully saturated rings. The molecule has 76 valence electrons. The van der Waals surface area contributed by atoms with Gasteiger partial charge in [0.15, 0.2) is 5.60 Å². The second kappa shape index (κ2) is 4.23. The Labute approximate surface area is 76.6 Å². The molecule has 0 spiro atoms. The highest BCUT2D eigenvalue weighted by Gasteiger charge is 2.42. The van der Waals surface area contributed by atoms with Crippen molar-refractivity contribution >= 4 is 11.9 Å². The number of rotatable bonds is 3. The number of hydrogen-bond acceptors (Lipinski definition) is 5. The zero-order valence-corrected chi connectivity index (χ0v) is 8.16. The highest BCUT2D eigenvalue weighted by Crippen LogP contribution is 2.19. The third kappa shape index (κ3) is 2.42. The van der Waals surface area contributed by atoms with E-state index < -0.39 is 23.5 Å². The fraction of sp³-hybridized carbons (Fsp3) is 0.750. The van der Waals surface area contributed by atoms with Crippen LogP contribution < -0.4 is 0 Å². The van der Waals surface area contributed by atoms with Crippen molar-refractivity contribution < 1.29 is 24.2 Å². The highest BCUT2D eigenvalue weighted by molar-refractivity contribution is 5.86. The minimum absolute atomic E-state index is 0.657. The van der Waals surface area contributed by atoms with Crippen LogP contribution in [0.15, 0.2) is 0 Å². The van der Waals surface area contributed by atoms with E-state index in [0.717, 1.165) is 7.11 Å². The summed E-state index contributed by atoms with van der Waals surface area (Å²) < 4.78 is 8.72. The van der Waals surface area contributed by atoms with Gasteiger partial charge in [0.05, 0.1) is 20.1 Å². The predicted octanol–water partition coefficient (Wildman–Crippen LogP) is -0.281. The third-order valence-corrected chi connectivity index (χ3v) is 2.00. The Morgan fingerprint density at radius 3 is 2.08 bits per heavy atom. The van der Waals surface area contributed by atoms with Crippen LogP contribution in [0.5, 0.6) is 0 Å². The number of carbonyl (C=O) groups excluding carboxylic acids is 2. The Morgan fingerprint density at radius 2 is 1.77 bits per heavy atom. The molecule has 0 aromatic rings. The zero-order chi connectivity index (χ0) is 10.6. The van der Waals surface area contributed by atoms with E-state index in [2.05, 4.69) is 9.47 Å². The van der Waals surface area contributed by atoms with Crippen LogP contribution in [0.3, 0.4) is 0 Å². The molecular formula is C8H14O5. The quantitative estimate of drug-likeness (QED) is 0.619. The maximum absolute atomic E-state index is 11.0. The molecule has 0 saturated carbocycles. The van der Waals surface area contributed by atoms with E-state index in [1.165, 1.54) is 21.0 Å². The van der Waals surface area contributed by atoms with Crippen molar-refractivity contribution in [3.8, 4) is 0 Å². The molecule has 0 amide bonds. The summed E-state index contributed by atoms with van der Waals surface area (Å²) in [7, 11) is 2.33. The van der Waals surface area contributed by atoms with Crippen molar-refractivity contribution in [1.29, 1.82) is 0 Å². The molecule has 0 bridgehead atoms. The lowest BCUT2D eigenvalue weighted by atomic mass is 9.91. The average Bonchev–Trinajstić information content (AvgIpc) is 2.13. The van der Waals surface area contributed by atoms with E-state index >= 15 is 0 Å². The van der Waals surface area contributed by atoms with E-state index in [9.17, 15) is 14.7 Å². The molecule has 0 aromatic heterocycles. The third-order valence-electron chi connectivity index (χ3n) is 2.00. The Morgan fingerprint density at radius 1 is 1.31 bits per heavy atom. The molecule has 0 radical (unpaired) electrons. The van der Waals surface area contributed by atoms with Gasteiger partial charge in [0.1, 0.15) is 0 Å². The molecule has 0 heterocycles. The lowest BCUT2D eigenvalue weighted by molar-refractivity contribution is -0.174. The first-order valence-electron chi connectivity index (χ1n) is 3.76. The van der Waals surface area contributed by atoms with Crippen LogP contribution in [0.25, 0.3) is 0 Å². The van der Waals surface area contributed by atoms with Gasteiger partial charge in [0.25, 0.3) is 0 Å². The molecule has 0 aliphatic carbocycles. The Balaban J connectivity index is 4.62. The minimum Gasteiger partial charge on any atom is -0.469 e. The summed E-state index contributed by atoms with van der Waals surface area (Å²) in [6, 6.07) is 0. The van der Waals surface area contributed by atoms with Crippen LogP contribution in [0.4, 0.5) is 0 Å². The molecule has 13 heavy (non-hydrogen) atoms. The lowest BCUT2D eigenvalue weighted by Crippen LogP contribution is -2.46. The number of esters is 2. The number of methoxy groups -OCH3 is 2. The molecule has 0 saturated heterocycles. The van der Waals surface area contributed by atoms with Crippen LogP contribution in [0.1, 0.15) is 13.8 Å². The predicted molar refractivity (Wildman–Crippen MR) is 43.8 cm³/mol. The molecule has 0 rings (SSSR count). The average molecular weight is 190 g/mol. The molecule has 2 atom stereocenters. The van der Waals surface area contributed by atoms with Crippen molar-refractivity contribution in [3.05, 3.63) is 0 Å². The van der Waals surface area contributed by atoms with Gasteiger partial charge < -0.3 is 14.6 Å². The summed E-state index contributed by atoms with van der Waals surface area (Å²) in [5.41, 5.74) is -1.85. The SMILES string of the molecule is COC(=O)[C@@H](C)[C@](C)(O)C(=O)OC. The summed E-state index contributed by atoms with van der Waals surface area (Å²) in [4.78, 5) is 22.0.